The van der Waals surface area contributed by atoms with Crippen LogP contribution in [0, 0.1) is 17.1 Å². The van der Waals surface area contributed by atoms with Crippen molar-refractivity contribution in [3.63, 3.8) is 0 Å². The molecular formula is C17H12FN3O. The van der Waals surface area contributed by atoms with Crippen LogP contribution in [0.3, 0.4) is 0 Å². The Kier molecular flexibility index (Phi) is 3.58. The number of aromatic nitrogens is 2. The highest BCUT2D eigenvalue weighted by Crippen LogP contribution is 2.28. The van der Waals surface area contributed by atoms with Crippen molar-refractivity contribution in [2.45, 2.75) is 0 Å². The topological polar surface area (TPSA) is 61.7 Å². The van der Waals surface area contributed by atoms with E-state index in [0.29, 0.717) is 27.8 Å². The van der Waals surface area contributed by atoms with Crippen LogP contribution >= 0.6 is 0 Å². The summed E-state index contributed by atoms with van der Waals surface area (Å²) < 4.78 is 18.7. The summed E-state index contributed by atoms with van der Waals surface area (Å²) in [4.78, 5) is 7.08. The van der Waals surface area contributed by atoms with Crippen LogP contribution in [0.1, 0.15) is 11.1 Å². The van der Waals surface area contributed by atoms with Gasteiger partial charge in [0.05, 0.1) is 18.8 Å². The molecule has 0 unspecified atom stereocenters. The van der Waals surface area contributed by atoms with Gasteiger partial charge in [0.25, 0.3) is 0 Å². The fourth-order valence-corrected chi connectivity index (χ4v) is 2.33. The minimum Gasteiger partial charge on any atom is -0.496 e. The van der Waals surface area contributed by atoms with Crippen molar-refractivity contribution in [3.8, 4) is 11.8 Å². The highest BCUT2D eigenvalue weighted by molar-refractivity contribution is 6.01. The smallest absolute Gasteiger partial charge is 0.129 e. The summed E-state index contributed by atoms with van der Waals surface area (Å²) in [6, 6.07) is 8.30. The number of halogens is 1. The van der Waals surface area contributed by atoms with Crippen molar-refractivity contribution in [1.29, 1.82) is 5.26 Å². The monoisotopic (exact) mass is 293 g/mol. The lowest BCUT2D eigenvalue weighted by molar-refractivity contribution is 0.413. The zero-order chi connectivity index (χ0) is 15.5. The van der Waals surface area contributed by atoms with E-state index in [-0.39, 0.29) is 5.82 Å². The minimum atomic E-state index is -0.343. The Labute approximate surface area is 126 Å². The Morgan fingerprint density at radius 2 is 2.27 bits per heavy atom. The number of hydrogen-bond acceptors (Lipinski definition) is 3. The molecule has 0 saturated carbocycles. The lowest BCUT2D eigenvalue weighted by Crippen LogP contribution is -1.89. The zero-order valence-electron chi connectivity index (χ0n) is 11.8. The first-order chi connectivity index (χ1) is 10.7. The van der Waals surface area contributed by atoms with Gasteiger partial charge in [0.1, 0.15) is 11.6 Å². The number of ether oxygens (including phenoxy) is 1. The van der Waals surface area contributed by atoms with Crippen LogP contribution in [0.2, 0.25) is 0 Å². The molecule has 0 atom stereocenters. The quantitative estimate of drug-likeness (QED) is 0.748. The van der Waals surface area contributed by atoms with Gasteiger partial charge in [0, 0.05) is 40.6 Å². The molecule has 0 radical (unpaired) electrons. The number of nitrogens with zero attached hydrogens (tertiary/aromatic N) is 2. The summed E-state index contributed by atoms with van der Waals surface area (Å²) in [6.07, 6.45) is 6.61. The third kappa shape index (κ3) is 2.42. The molecule has 0 fully saturated rings. The number of pyridine rings is 1. The number of fused-ring (bicyclic) bond motifs is 1. The zero-order valence-corrected chi connectivity index (χ0v) is 11.8. The molecule has 4 nitrogen and oxygen atoms in total. The van der Waals surface area contributed by atoms with Crippen molar-refractivity contribution in [2.75, 3.05) is 7.11 Å². The number of H-pyrrole nitrogens is 1. The average Bonchev–Trinajstić information content (AvgIpc) is 2.95. The Morgan fingerprint density at radius 3 is 3.05 bits per heavy atom. The SMILES string of the molecule is COc1ccncc1/C=C(\C#N)c1c[nH]c2ccc(F)cc12. The maximum absolute atomic E-state index is 13.5. The van der Waals surface area contributed by atoms with Gasteiger partial charge < -0.3 is 9.72 Å². The number of methoxy groups -OCH3 is 1. The van der Waals surface area contributed by atoms with Crippen LogP contribution < -0.4 is 4.74 Å². The lowest BCUT2D eigenvalue weighted by Gasteiger charge is -2.04. The molecule has 0 aliphatic heterocycles. The van der Waals surface area contributed by atoms with Crippen LogP contribution in [-0.2, 0) is 0 Å². The van der Waals surface area contributed by atoms with Crippen LogP contribution in [0.25, 0.3) is 22.6 Å². The maximum Gasteiger partial charge on any atom is 0.129 e. The fraction of sp³-hybridized carbons (Fsp3) is 0.0588. The van der Waals surface area contributed by atoms with E-state index in [1.165, 1.54) is 12.1 Å². The van der Waals surface area contributed by atoms with Gasteiger partial charge in [-0.3, -0.25) is 4.98 Å². The van der Waals surface area contributed by atoms with Gasteiger partial charge >= 0.3 is 0 Å². The molecule has 2 heterocycles. The first kappa shape index (κ1) is 13.8. The first-order valence-electron chi connectivity index (χ1n) is 6.59. The molecule has 0 saturated heterocycles. The molecule has 0 bridgehead atoms. The van der Waals surface area contributed by atoms with Crippen LogP contribution in [0.5, 0.6) is 5.75 Å². The molecule has 5 heteroatoms. The first-order valence-corrected chi connectivity index (χ1v) is 6.59. The summed E-state index contributed by atoms with van der Waals surface area (Å²) in [6.45, 7) is 0. The molecule has 1 aromatic carbocycles. The molecule has 0 aliphatic rings. The van der Waals surface area contributed by atoms with Crippen molar-refractivity contribution in [2.24, 2.45) is 0 Å². The van der Waals surface area contributed by atoms with E-state index in [0.717, 1.165) is 5.52 Å². The number of allylic oxidation sites excluding steroid dienone is 1. The molecule has 1 N–H and O–H groups in total. The predicted molar refractivity (Wildman–Crippen MR) is 82.5 cm³/mol. The van der Waals surface area contributed by atoms with E-state index >= 15 is 0 Å². The third-order valence-electron chi connectivity index (χ3n) is 3.38. The molecular weight excluding hydrogens is 281 g/mol. The second-order valence-electron chi connectivity index (χ2n) is 4.68. The predicted octanol–water partition coefficient (Wildman–Crippen LogP) is 3.77. The lowest BCUT2D eigenvalue weighted by atomic mass is 10.0. The molecule has 3 rings (SSSR count). The summed E-state index contributed by atoms with van der Waals surface area (Å²) in [5, 5.41) is 10.1. The highest BCUT2D eigenvalue weighted by Gasteiger charge is 2.11. The number of rotatable bonds is 3. The van der Waals surface area contributed by atoms with Gasteiger partial charge in [-0.25, -0.2) is 4.39 Å². The van der Waals surface area contributed by atoms with E-state index < -0.39 is 0 Å². The van der Waals surface area contributed by atoms with Gasteiger partial charge in [-0.05, 0) is 30.3 Å². The van der Waals surface area contributed by atoms with Gasteiger partial charge in [-0.15, -0.1) is 0 Å². The number of aromatic amines is 1. The van der Waals surface area contributed by atoms with Crippen molar-refractivity contribution < 1.29 is 9.13 Å². The van der Waals surface area contributed by atoms with Crippen molar-refractivity contribution in [3.05, 3.63) is 59.8 Å². The second-order valence-corrected chi connectivity index (χ2v) is 4.68. The molecule has 0 amide bonds. The molecule has 0 spiro atoms. The van der Waals surface area contributed by atoms with Gasteiger partial charge in [-0.2, -0.15) is 5.26 Å². The van der Waals surface area contributed by atoms with Crippen LogP contribution in [0.4, 0.5) is 4.39 Å². The van der Waals surface area contributed by atoms with Gasteiger partial charge in [-0.1, -0.05) is 0 Å². The Hall–Kier alpha value is -3.13. The summed E-state index contributed by atoms with van der Waals surface area (Å²) in [7, 11) is 1.56. The number of benzene rings is 1. The Balaban J connectivity index is 2.16. The van der Waals surface area contributed by atoms with Crippen LogP contribution in [0.15, 0.2) is 42.9 Å². The fourth-order valence-electron chi connectivity index (χ4n) is 2.33. The Morgan fingerprint density at radius 1 is 1.41 bits per heavy atom. The standard InChI is InChI=1S/C17H12FN3O/c1-22-17-4-5-20-9-12(17)6-11(8-19)15-10-21-16-3-2-13(18)7-14(15)16/h2-7,9-10,21H,1H3/b11-6+. The van der Waals surface area contributed by atoms with E-state index in [4.69, 9.17) is 4.74 Å². The number of hydrogen-bond donors (Lipinski definition) is 1. The highest BCUT2D eigenvalue weighted by atomic mass is 19.1. The number of nitriles is 1. The molecule has 22 heavy (non-hydrogen) atoms. The third-order valence-corrected chi connectivity index (χ3v) is 3.38. The molecule has 3 aromatic rings. The van der Waals surface area contributed by atoms with Gasteiger partial charge in [0.2, 0.25) is 0 Å². The molecule has 2 aromatic heterocycles. The Bertz CT molecular complexity index is 906. The molecule has 0 aliphatic carbocycles. The summed E-state index contributed by atoms with van der Waals surface area (Å²) in [5.41, 5.74) is 2.51. The number of nitrogens with one attached hydrogen (secondary N) is 1. The minimum absolute atomic E-state index is 0.343. The van der Waals surface area contributed by atoms with E-state index in [1.54, 1.807) is 43.9 Å². The van der Waals surface area contributed by atoms with Crippen LogP contribution in [-0.4, -0.2) is 17.1 Å². The normalized spacial score (nSPS) is 11.4. The summed E-state index contributed by atoms with van der Waals surface area (Å²) >= 11 is 0. The maximum atomic E-state index is 13.5. The average molecular weight is 293 g/mol. The summed E-state index contributed by atoms with van der Waals surface area (Å²) in [5.74, 6) is 0.276. The van der Waals surface area contributed by atoms with Gasteiger partial charge in [0.15, 0.2) is 0 Å². The largest absolute Gasteiger partial charge is 0.496 e. The van der Waals surface area contributed by atoms with Crippen molar-refractivity contribution >= 4 is 22.6 Å². The van der Waals surface area contributed by atoms with E-state index in [1.807, 2.05) is 0 Å². The second kappa shape index (κ2) is 5.70. The molecule has 108 valence electrons. The van der Waals surface area contributed by atoms with E-state index in [9.17, 15) is 9.65 Å². The van der Waals surface area contributed by atoms with E-state index in [2.05, 4.69) is 16.0 Å². The van der Waals surface area contributed by atoms with Crippen molar-refractivity contribution in [1.82, 2.24) is 9.97 Å².